The van der Waals surface area contributed by atoms with Crippen LogP contribution in [-0.2, 0) is 43.5 Å². The summed E-state index contributed by atoms with van der Waals surface area (Å²) in [5.74, 6) is 0. The smallest absolute Gasteiger partial charge is 0.186 e. The van der Waals surface area contributed by atoms with Crippen LogP contribution in [0.5, 0.6) is 0 Å². The molecule has 0 N–H and O–H groups in total. The standard InChI is InChI=1S/C29H34O5/c1-3-25-26(31-19-22-13-7-4-8-14-22)27(32-20-23-15-9-5-10-16-23)28(29(30-2)34-25)33-21-24-17-11-6-12-18-24/h4-18,25-29H,3,19-21H2,1-2H3/t25?,26-,27+,28-,29-/m1/s1. The molecule has 1 unspecified atom stereocenters. The summed E-state index contributed by atoms with van der Waals surface area (Å²) in [5.41, 5.74) is 3.29. The molecule has 180 valence electrons. The second-order valence-corrected chi connectivity index (χ2v) is 8.47. The molecule has 1 aliphatic heterocycles. The molecule has 0 bridgehead atoms. The van der Waals surface area contributed by atoms with Crippen molar-refractivity contribution in [3.8, 4) is 0 Å². The van der Waals surface area contributed by atoms with Gasteiger partial charge >= 0.3 is 0 Å². The van der Waals surface area contributed by atoms with Crippen LogP contribution >= 0.6 is 0 Å². The van der Waals surface area contributed by atoms with Crippen LogP contribution in [0.1, 0.15) is 30.0 Å². The van der Waals surface area contributed by atoms with Crippen LogP contribution in [0.3, 0.4) is 0 Å². The Kier molecular flexibility index (Phi) is 9.25. The monoisotopic (exact) mass is 462 g/mol. The number of hydrogen-bond acceptors (Lipinski definition) is 5. The highest BCUT2D eigenvalue weighted by Crippen LogP contribution is 2.32. The maximum atomic E-state index is 6.53. The van der Waals surface area contributed by atoms with E-state index < -0.39 is 12.4 Å². The van der Waals surface area contributed by atoms with Crippen LogP contribution in [0.2, 0.25) is 0 Å². The van der Waals surface area contributed by atoms with E-state index in [-0.39, 0.29) is 18.3 Å². The summed E-state index contributed by atoms with van der Waals surface area (Å²) in [6.07, 6.45) is -1.07. The SMILES string of the molecule is CCC1O[C@@H](OC)[C@H](OCc2ccccc2)[C@@H](OCc2ccccc2)[C@@H]1OCc1ccccc1. The van der Waals surface area contributed by atoms with E-state index in [9.17, 15) is 0 Å². The van der Waals surface area contributed by atoms with Crippen molar-refractivity contribution >= 4 is 0 Å². The van der Waals surface area contributed by atoms with Gasteiger partial charge in [0.15, 0.2) is 6.29 Å². The van der Waals surface area contributed by atoms with E-state index in [1.54, 1.807) is 7.11 Å². The molecule has 4 rings (SSSR count). The lowest BCUT2D eigenvalue weighted by Gasteiger charge is -2.45. The van der Waals surface area contributed by atoms with Gasteiger partial charge in [-0.15, -0.1) is 0 Å². The van der Waals surface area contributed by atoms with Gasteiger partial charge in [0.25, 0.3) is 0 Å². The Morgan fingerprint density at radius 3 is 1.41 bits per heavy atom. The second kappa shape index (κ2) is 12.8. The largest absolute Gasteiger partial charge is 0.368 e. The van der Waals surface area contributed by atoms with Crippen LogP contribution in [-0.4, -0.2) is 37.8 Å². The van der Waals surface area contributed by atoms with Crippen molar-refractivity contribution in [1.29, 1.82) is 0 Å². The molecule has 1 aliphatic rings. The minimum Gasteiger partial charge on any atom is -0.368 e. The maximum Gasteiger partial charge on any atom is 0.186 e. The number of rotatable bonds is 11. The fraction of sp³-hybridized carbons (Fsp3) is 0.379. The minimum absolute atomic E-state index is 0.175. The van der Waals surface area contributed by atoms with Crippen molar-refractivity contribution in [2.75, 3.05) is 7.11 Å². The van der Waals surface area contributed by atoms with Crippen LogP contribution in [0.25, 0.3) is 0 Å². The fourth-order valence-corrected chi connectivity index (χ4v) is 4.26. The third kappa shape index (κ3) is 6.53. The van der Waals surface area contributed by atoms with Gasteiger partial charge in [0, 0.05) is 7.11 Å². The molecule has 1 heterocycles. The molecule has 5 heteroatoms. The lowest BCUT2D eigenvalue weighted by molar-refractivity contribution is -0.318. The normalized spacial score (nSPS) is 24.7. The van der Waals surface area contributed by atoms with Crippen molar-refractivity contribution in [1.82, 2.24) is 0 Å². The topological polar surface area (TPSA) is 46.2 Å². The zero-order chi connectivity index (χ0) is 23.6. The Balaban J connectivity index is 1.56. The summed E-state index contributed by atoms with van der Waals surface area (Å²) >= 11 is 0. The zero-order valence-electron chi connectivity index (χ0n) is 19.9. The molecular weight excluding hydrogens is 428 g/mol. The molecule has 0 radical (unpaired) electrons. The van der Waals surface area contributed by atoms with Crippen molar-refractivity contribution in [3.05, 3.63) is 108 Å². The van der Waals surface area contributed by atoms with E-state index in [0.29, 0.717) is 19.8 Å². The van der Waals surface area contributed by atoms with E-state index in [0.717, 1.165) is 23.1 Å². The Hall–Kier alpha value is -2.54. The molecule has 5 atom stereocenters. The predicted molar refractivity (Wildman–Crippen MR) is 131 cm³/mol. The highest BCUT2D eigenvalue weighted by atomic mass is 16.7. The average Bonchev–Trinajstić information content (AvgIpc) is 2.91. The Morgan fingerprint density at radius 1 is 0.588 bits per heavy atom. The first-order valence-corrected chi connectivity index (χ1v) is 11.9. The minimum atomic E-state index is -0.550. The number of methoxy groups -OCH3 is 1. The molecule has 0 aromatic heterocycles. The van der Waals surface area contributed by atoms with Gasteiger partial charge in [0.05, 0.1) is 25.9 Å². The van der Waals surface area contributed by atoms with Gasteiger partial charge in [0.1, 0.15) is 18.3 Å². The van der Waals surface area contributed by atoms with Crippen LogP contribution in [0.4, 0.5) is 0 Å². The van der Waals surface area contributed by atoms with E-state index in [1.165, 1.54) is 0 Å². The zero-order valence-corrected chi connectivity index (χ0v) is 19.9. The summed E-state index contributed by atoms with van der Waals surface area (Å²) in [6, 6.07) is 30.4. The molecule has 5 nitrogen and oxygen atoms in total. The Morgan fingerprint density at radius 2 is 1.00 bits per heavy atom. The van der Waals surface area contributed by atoms with E-state index in [4.69, 9.17) is 23.7 Å². The van der Waals surface area contributed by atoms with Gasteiger partial charge in [-0.25, -0.2) is 0 Å². The van der Waals surface area contributed by atoms with E-state index >= 15 is 0 Å². The Labute approximate surface area is 202 Å². The van der Waals surface area contributed by atoms with Gasteiger partial charge in [-0.2, -0.15) is 0 Å². The quantitative estimate of drug-likeness (QED) is 0.375. The lowest BCUT2D eigenvalue weighted by atomic mass is 9.96. The highest BCUT2D eigenvalue weighted by Gasteiger charge is 2.48. The molecule has 0 spiro atoms. The van der Waals surface area contributed by atoms with Crippen LogP contribution in [0.15, 0.2) is 91.0 Å². The highest BCUT2D eigenvalue weighted by molar-refractivity contribution is 5.15. The second-order valence-electron chi connectivity index (χ2n) is 8.47. The van der Waals surface area contributed by atoms with Crippen molar-refractivity contribution in [2.24, 2.45) is 0 Å². The van der Waals surface area contributed by atoms with E-state index in [1.807, 2.05) is 66.7 Å². The summed E-state index contributed by atoms with van der Waals surface area (Å²) in [5, 5.41) is 0. The summed E-state index contributed by atoms with van der Waals surface area (Å²) in [6.45, 7) is 3.45. The van der Waals surface area contributed by atoms with Crippen molar-refractivity contribution in [3.63, 3.8) is 0 Å². The number of benzene rings is 3. The van der Waals surface area contributed by atoms with E-state index in [2.05, 4.69) is 31.2 Å². The molecular formula is C29H34O5. The number of ether oxygens (including phenoxy) is 5. The van der Waals surface area contributed by atoms with Gasteiger partial charge < -0.3 is 23.7 Å². The summed E-state index contributed by atoms with van der Waals surface area (Å²) < 4.78 is 31.4. The summed E-state index contributed by atoms with van der Waals surface area (Å²) in [4.78, 5) is 0. The fourth-order valence-electron chi connectivity index (χ4n) is 4.26. The average molecular weight is 463 g/mol. The molecule has 0 amide bonds. The van der Waals surface area contributed by atoms with Gasteiger partial charge in [0.2, 0.25) is 0 Å². The third-order valence-corrected chi connectivity index (χ3v) is 6.08. The van der Waals surface area contributed by atoms with Crippen molar-refractivity contribution in [2.45, 2.75) is 63.9 Å². The van der Waals surface area contributed by atoms with Crippen LogP contribution in [0, 0.1) is 0 Å². The van der Waals surface area contributed by atoms with Crippen LogP contribution < -0.4 is 0 Å². The molecule has 1 fully saturated rings. The maximum absolute atomic E-state index is 6.53. The first-order valence-electron chi connectivity index (χ1n) is 11.9. The molecule has 0 aliphatic carbocycles. The lowest BCUT2D eigenvalue weighted by Crippen LogP contribution is -2.60. The first-order chi connectivity index (χ1) is 16.8. The Bertz CT molecular complexity index is 893. The molecule has 0 saturated carbocycles. The van der Waals surface area contributed by atoms with Gasteiger partial charge in [-0.1, -0.05) is 97.9 Å². The molecule has 3 aromatic rings. The molecule has 3 aromatic carbocycles. The number of hydrogen-bond donors (Lipinski definition) is 0. The van der Waals surface area contributed by atoms with Gasteiger partial charge in [-0.3, -0.25) is 0 Å². The van der Waals surface area contributed by atoms with Gasteiger partial charge in [-0.05, 0) is 23.1 Å². The summed E-state index contributed by atoms with van der Waals surface area (Å²) in [7, 11) is 1.65. The molecule has 1 saturated heterocycles. The van der Waals surface area contributed by atoms with Crippen molar-refractivity contribution < 1.29 is 23.7 Å². The first kappa shape index (κ1) is 24.6. The predicted octanol–water partition coefficient (Wildman–Crippen LogP) is 5.52. The third-order valence-electron chi connectivity index (χ3n) is 6.08. The molecule has 34 heavy (non-hydrogen) atoms.